The molecule has 23 heavy (non-hydrogen) atoms. The standard InChI is InChI=1S/C18H28N2O3/c1-15(21)14-19-10-12-20(13-11-19)18(22)5-3-4-16-6-8-17(23-2)9-7-16/h6-9,15,21H,3-5,10-14H2,1-2H3/t15-/m1/s1. The van der Waals surface area contributed by atoms with Crippen molar-refractivity contribution < 1.29 is 14.6 Å². The van der Waals surface area contributed by atoms with Crippen LogP contribution in [0.1, 0.15) is 25.3 Å². The summed E-state index contributed by atoms with van der Waals surface area (Å²) in [5.41, 5.74) is 1.24. The van der Waals surface area contributed by atoms with Gasteiger partial charge in [-0.15, -0.1) is 0 Å². The van der Waals surface area contributed by atoms with Crippen molar-refractivity contribution >= 4 is 5.91 Å². The summed E-state index contributed by atoms with van der Waals surface area (Å²) in [6.45, 7) is 5.75. The normalized spacial score (nSPS) is 17.1. The molecule has 0 saturated carbocycles. The van der Waals surface area contributed by atoms with Gasteiger partial charge < -0.3 is 14.7 Å². The van der Waals surface area contributed by atoms with E-state index < -0.39 is 0 Å². The summed E-state index contributed by atoms with van der Waals surface area (Å²) in [6.07, 6.45) is 2.08. The van der Waals surface area contributed by atoms with Gasteiger partial charge in [0.05, 0.1) is 13.2 Å². The van der Waals surface area contributed by atoms with Gasteiger partial charge in [0.15, 0.2) is 0 Å². The van der Waals surface area contributed by atoms with E-state index in [1.807, 2.05) is 17.0 Å². The highest BCUT2D eigenvalue weighted by molar-refractivity contribution is 5.76. The summed E-state index contributed by atoms with van der Waals surface area (Å²) in [6, 6.07) is 8.02. The molecule has 1 aliphatic rings. The Labute approximate surface area is 138 Å². The van der Waals surface area contributed by atoms with Crippen LogP contribution in [0, 0.1) is 0 Å². The van der Waals surface area contributed by atoms with E-state index in [0.29, 0.717) is 13.0 Å². The molecular formula is C18H28N2O3. The lowest BCUT2D eigenvalue weighted by Crippen LogP contribution is -2.50. The van der Waals surface area contributed by atoms with Crippen LogP contribution >= 0.6 is 0 Å². The van der Waals surface area contributed by atoms with Crippen molar-refractivity contribution in [2.24, 2.45) is 0 Å². The number of aryl methyl sites for hydroxylation is 1. The maximum atomic E-state index is 12.3. The number of rotatable bonds is 7. The number of carbonyl (C=O) groups excluding carboxylic acids is 1. The van der Waals surface area contributed by atoms with Crippen LogP contribution < -0.4 is 4.74 Å². The Hall–Kier alpha value is -1.59. The summed E-state index contributed by atoms with van der Waals surface area (Å²) < 4.78 is 5.14. The summed E-state index contributed by atoms with van der Waals surface area (Å²) in [5, 5.41) is 9.41. The molecule has 1 heterocycles. The monoisotopic (exact) mass is 320 g/mol. The van der Waals surface area contributed by atoms with Gasteiger partial charge in [-0.25, -0.2) is 0 Å². The number of methoxy groups -OCH3 is 1. The summed E-state index contributed by atoms with van der Waals surface area (Å²) in [4.78, 5) is 16.4. The highest BCUT2D eigenvalue weighted by Crippen LogP contribution is 2.14. The Balaban J connectivity index is 1.67. The third-order valence-electron chi connectivity index (χ3n) is 4.26. The number of amides is 1. The number of aliphatic hydroxyl groups is 1. The van der Waals surface area contributed by atoms with E-state index in [2.05, 4.69) is 17.0 Å². The largest absolute Gasteiger partial charge is 0.497 e. The third kappa shape index (κ3) is 5.84. The van der Waals surface area contributed by atoms with E-state index in [9.17, 15) is 9.90 Å². The number of ether oxygens (including phenoxy) is 1. The van der Waals surface area contributed by atoms with Crippen molar-refractivity contribution in [1.82, 2.24) is 9.80 Å². The topological polar surface area (TPSA) is 53.0 Å². The van der Waals surface area contributed by atoms with E-state index in [0.717, 1.165) is 44.8 Å². The molecule has 5 heteroatoms. The van der Waals surface area contributed by atoms with Crippen LogP contribution in [-0.4, -0.2) is 66.8 Å². The molecule has 128 valence electrons. The van der Waals surface area contributed by atoms with Crippen molar-refractivity contribution in [3.63, 3.8) is 0 Å². The SMILES string of the molecule is COc1ccc(CCCC(=O)N2CCN(C[C@@H](C)O)CC2)cc1. The first-order valence-electron chi connectivity index (χ1n) is 8.39. The lowest BCUT2D eigenvalue weighted by atomic mass is 10.1. The Kier molecular flexibility index (Phi) is 6.86. The van der Waals surface area contributed by atoms with Gasteiger partial charge in [0, 0.05) is 39.1 Å². The molecular weight excluding hydrogens is 292 g/mol. The van der Waals surface area contributed by atoms with E-state index in [-0.39, 0.29) is 12.0 Å². The number of carbonyl (C=O) groups is 1. The Morgan fingerprint density at radius 2 is 1.87 bits per heavy atom. The molecule has 2 rings (SSSR count). The lowest BCUT2D eigenvalue weighted by molar-refractivity contribution is -0.133. The zero-order valence-electron chi connectivity index (χ0n) is 14.2. The Morgan fingerprint density at radius 3 is 2.43 bits per heavy atom. The van der Waals surface area contributed by atoms with Crippen LogP contribution in [0.3, 0.4) is 0 Å². The van der Waals surface area contributed by atoms with Crippen molar-refractivity contribution in [3.8, 4) is 5.75 Å². The smallest absolute Gasteiger partial charge is 0.222 e. The van der Waals surface area contributed by atoms with Gasteiger partial charge in [-0.3, -0.25) is 9.69 Å². The van der Waals surface area contributed by atoms with Crippen molar-refractivity contribution in [2.45, 2.75) is 32.3 Å². The average Bonchev–Trinajstić information content (AvgIpc) is 2.55. The van der Waals surface area contributed by atoms with Crippen LogP contribution in [0.15, 0.2) is 24.3 Å². The molecule has 1 fully saturated rings. The first kappa shape index (κ1) is 17.8. The van der Waals surface area contributed by atoms with Crippen LogP contribution in [0.2, 0.25) is 0 Å². The number of nitrogens with zero attached hydrogens (tertiary/aromatic N) is 2. The van der Waals surface area contributed by atoms with Crippen LogP contribution in [0.4, 0.5) is 0 Å². The van der Waals surface area contributed by atoms with E-state index in [4.69, 9.17) is 4.74 Å². The fourth-order valence-corrected chi connectivity index (χ4v) is 2.95. The maximum absolute atomic E-state index is 12.3. The first-order valence-corrected chi connectivity index (χ1v) is 8.39. The van der Waals surface area contributed by atoms with Crippen LogP contribution in [-0.2, 0) is 11.2 Å². The molecule has 0 unspecified atom stereocenters. The summed E-state index contributed by atoms with van der Waals surface area (Å²) in [5.74, 6) is 1.11. The molecule has 1 aromatic carbocycles. The molecule has 0 aromatic heterocycles. The zero-order chi connectivity index (χ0) is 16.7. The Bertz CT molecular complexity index is 480. The minimum atomic E-state index is -0.304. The fourth-order valence-electron chi connectivity index (χ4n) is 2.95. The third-order valence-corrected chi connectivity index (χ3v) is 4.26. The number of hydrogen-bond donors (Lipinski definition) is 1. The van der Waals surface area contributed by atoms with Crippen LogP contribution in [0.5, 0.6) is 5.75 Å². The molecule has 0 radical (unpaired) electrons. The van der Waals surface area contributed by atoms with Gasteiger partial charge in [0.2, 0.25) is 5.91 Å². The van der Waals surface area contributed by atoms with Crippen LogP contribution in [0.25, 0.3) is 0 Å². The number of aliphatic hydroxyl groups excluding tert-OH is 1. The molecule has 1 aromatic rings. The fraction of sp³-hybridized carbons (Fsp3) is 0.611. The molecule has 1 atom stereocenters. The number of piperazine rings is 1. The van der Waals surface area contributed by atoms with Gasteiger partial charge in [-0.1, -0.05) is 12.1 Å². The van der Waals surface area contributed by atoms with E-state index in [1.165, 1.54) is 5.56 Å². The molecule has 1 aliphatic heterocycles. The maximum Gasteiger partial charge on any atom is 0.222 e. The van der Waals surface area contributed by atoms with E-state index >= 15 is 0 Å². The molecule has 1 amide bonds. The van der Waals surface area contributed by atoms with Crippen molar-refractivity contribution in [1.29, 1.82) is 0 Å². The number of hydrogen-bond acceptors (Lipinski definition) is 4. The van der Waals surface area contributed by atoms with Crippen molar-refractivity contribution in [3.05, 3.63) is 29.8 Å². The van der Waals surface area contributed by atoms with Gasteiger partial charge in [-0.2, -0.15) is 0 Å². The van der Waals surface area contributed by atoms with Gasteiger partial charge >= 0.3 is 0 Å². The zero-order valence-corrected chi connectivity index (χ0v) is 14.2. The summed E-state index contributed by atoms with van der Waals surface area (Å²) >= 11 is 0. The predicted octanol–water partition coefficient (Wildman–Crippen LogP) is 1.54. The Morgan fingerprint density at radius 1 is 1.22 bits per heavy atom. The summed E-state index contributed by atoms with van der Waals surface area (Å²) in [7, 11) is 1.66. The molecule has 0 bridgehead atoms. The molecule has 0 aliphatic carbocycles. The van der Waals surface area contributed by atoms with E-state index in [1.54, 1.807) is 14.0 Å². The first-order chi connectivity index (χ1) is 11.1. The van der Waals surface area contributed by atoms with Crippen molar-refractivity contribution in [2.75, 3.05) is 39.8 Å². The van der Waals surface area contributed by atoms with Gasteiger partial charge in [0.1, 0.15) is 5.75 Å². The lowest BCUT2D eigenvalue weighted by Gasteiger charge is -2.35. The second-order valence-electron chi connectivity index (χ2n) is 6.23. The quantitative estimate of drug-likeness (QED) is 0.828. The predicted molar refractivity (Wildman–Crippen MR) is 90.6 cm³/mol. The molecule has 1 saturated heterocycles. The minimum absolute atomic E-state index is 0.246. The number of β-amino-alcohol motifs (C(OH)–C–C–N with tert-alkyl or cyclic N) is 1. The number of benzene rings is 1. The second-order valence-corrected chi connectivity index (χ2v) is 6.23. The molecule has 0 spiro atoms. The highest BCUT2D eigenvalue weighted by atomic mass is 16.5. The average molecular weight is 320 g/mol. The highest BCUT2D eigenvalue weighted by Gasteiger charge is 2.21. The second kappa shape index (κ2) is 8.89. The molecule has 5 nitrogen and oxygen atoms in total. The van der Waals surface area contributed by atoms with Gasteiger partial charge in [-0.05, 0) is 37.5 Å². The molecule has 1 N–H and O–H groups in total. The van der Waals surface area contributed by atoms with Gasteiger partial charge in [0.25, 0.3) is 0 Å². The minimum Gasteiger partial charge on any atom is -0.497 e.